The van der Waals surface area contributed by atoms with Crippen molar-refractivity contribution < 1.29 is 14.3 Å². The van der Waals surface area contributed by atoms with Crippen molar-refractivity contribution in [1.82, 2.24) is 19.6 Å². The number of nitrogens with zero attached hydrogens (tertiary/aromatic N) is 4. The van der Waals surface area contributed by atoms with Crippen molar-refractivity contribution in [3.8, 4) is 0 Å². The number of amides is 2. The minimum absolute atomic E-state index is 0.00891. The van der Waals surface area contributed by atoms with E-state index in [4.69, 9.17) is 4.74 Å². The summed E-state index contributed by atoms with van der Waals surface area (Å²) in [4.78, 5) is 28.5. The molecular formula is C17H26N4O3. The normalized spacial score (nSPS) is 21.2. The number of aryl methyl sites for hydroxylation is 1. The highest BCUT2D eigenvalue weighted by atomic mass is 16.6. The first-order valence-corrected chi connectivity index (χ1v) is 8.72. The second-order valence-electron chi connectivity index (χ2n) is 6.95. The summed E-state index contributed by atoms with van der Waals surface area (Å²) in [5.41, 5.74) is 0.162. The molecule has 7 heteroatoms. The molecule has 2 fully saturated rings. The van der Waals surface area contributed by atoms with E-state index in [-0.39, 0.29) is 18.0 Å². The first kappa shape index (κ1) is 16.8. The van der Waals surface area contributed by atoms with E-state index in [0.29, 0.717) is 38.2 Å². The lowest BCUT2D eigenvalue weighted by Crippen LogP contribution is -2.49. The van der Waals surface area contributed by atoms with Crippen LogP contribution in [-0.2, 0) is 11.8 Å². The molecule has 1 aromatic rings. The van der Waals surface area contributed by atoms with Crippen molar-refractivity contribution in [3.05, 3.63) is 18.0 Å². The fourth-order valence-electron chi connectivity index (χ4n) is 3.68. The number of rotatable bonds is 4. The lowest BCUT2D eigenvalue weighted by atomic mass is 9.90. The zero-order valence-corrected chi connectivity index (χ0v) is 14.7. The summed E-state index contributed by atoms with van der Waals surface area (Å²) in [6, 6.07) is 1.94. The molecule has 132 valence electrons. The number of aromatic nitrogens is 2. The fraction of sp³-hybridized carbons (Fsp3) is 0.706. The van der Waals surface area contributed by atoms with Crippen LogP contribution in [0.5, 0.6) is 0 Å². The summed E-state index contributed by atoms with van der Waals surface area (Å²) in [5, 5.41) is 4.05. The van der Waals surface area contributed by atoms with Crippen molar-refractivity contribution in [1.29, 1.82) is 0 Å². The van der Waals surface area contributed by atoms with E-state index in [0.717, 1.165) is 12.8 Å². The second kappa shape index (κ2) is 6.45. The Kier molecular flexibility index (Phi) is 4.51. The minimum Gasteiger partial charge on any atom is -0.441 e. The highest BCUT2D eigenvalue weighted by Gasteiger charge is 2.48. The maximum atomic E-state index is 12.6. The van der Waals surface area contributed by atoms with Crippen LogP contribution in [-0.4, -0.2) is 62.9 Å². The number of ether oxygens (including phenoxy) is 1. The smallest absolute Gasteiger partial charge is 0.410 e. The topological polar surface area (TPSA) is 67.7 Å². The fourth-order valence-corrected chi connectivity index (χ4v) is 3.68. The van der Waals surface area contributed by atoms with Gasteiger partial charge in [-0.2, -0.15) is 5.10 Å². The first-order chi connectivity index (χ1) is 11.5. The third-order valence-electron chi connectivity index (χ3n) is 5.24. The van der Waals surface area contributed by atoms with Crippen LogP contribution >= 0.6 is 0 Å². The molecule has 2 saturated heterocycles. The number of hydrogen-bond donors (Lipinski definition) is 0. The van der Waals surface area contributed by atoms with Gasteiger partial charge >= 0.3 is 6.09 Å². The summed E-state index contributed by atoms with van der Waals surface area (Å²) in [6.07, 6.45) is 4.84. The first-order valence-electron chi connectivity index (χ1n) is 8.72. The number of likely N-dealkylation sites (tertiary alicyclic amines) is 1. The number of carbonyl (C=O) groups is 2. The predicted molar refractivity (Wildman–Crippen MR) is 88.6 cm³/mol. The molecule has 0 N–H and O–H groups in total. The molecule has 1 atom stereocenters. The van der Waals surface area contributed by atoms with E-state index in [1.165, 1.54) is 0 Å². The summed E-state index contributed by atoms with van der Waals surface area (Å²) in [6.45, 7) is 6.04. The van der Waals surface area contributed by atoms with Gasteiger partial charge in [-0.3, -0.25) is 9.48 Å². The predicted octanol–water partition coefficient (Wildman–Crippen LogP) is 2.04. The molecule has 3 rings (SSSR count). The Hall–Kier alpha value is -2.05. The van der Waals surface area contributed by atoms with Gasteiger partial charge in [0.25, 0.3) is 5.91 Å². The van der Waals surface area contributed by atoms with E-state index in [1.807, 2.05) is 9.80 Å². The summed E-state index contributed by atoms with van der Waals surface area (Å²) < 4.78 is 7.34. The lowest BCUT2D eigenvalue weighted by molar-refractivity contribution is 0.00277. The molecule has 0 aliphatic carbocycles. The van der Waals surface area contributed by atoms with Crippen LogP contribution in [0.4, 0.5) is 4.79 Å². The van der Waals surface area contributed by atoms with Gasteiger partial charge < -0.3 is 14.5 Å². The molecule has 1 aromatic heterocycles. The summed E-state index contributed by atoms with van der Waals surface area (Å²) in [7, 11) is 1.77. The Morgan fingerprint density at radius 3 is 2.71 bits per heavy atom. The Labute approximate surface area is 142 Å². The van der Waals surface area contributed by atoms with E-state index in [1.54, 1.807) is 24.0 Å². The average Bonchev–Trinajstić information content (AvgIpc) is 3.11. The van der Waals surface area contributed by atoms with Crippen LogP contribution in [0.1, 0.15) is 50.0 Å². The van der Waals surface area contributed by atoms with Crippen molar-refractivity contribution in [2.45, 2.75) is 51.2 Å². The van der Waals surface area contributed by atoms with Gasteiger partial charge in [0, 0.05) is 45.2 Å². The number of piperidine rings is 1. The maximum Gasteiger partial charge on any atom is 0.410 e. The Morgan fingerprint density at radius 2 is 2.12 bits per heavy atom. The molecule has 2 aliphatic heterocycles. The van der Waals surface area contributed by atoms with Crippen LogP contribution in [0.15, 0.2) is 12.3 Å². The molecule has 0 bridgehead atoms. The van der Waals surface area contributed by atoms with Gasteiger partial charge in [-0.1, -0.05) is 13.3 Å². The summed E-state index contributed by atoms with van der Waals surface area (Å²) >= 11 is 0. The van der Waals surface area contributed by atoms with Crippen LogP contribution < -0.4 is 0 Å². The van der Waals surface area contributed by atoms with Crippen LogP contribution in [0.3, 0.4) is 0 Å². The van der Waals surface area contributed by atoms with Gasteiger partial charge in [0.1, 0.15) is 11.3 Å². The Balaban J connectivity index is 1.62. The molecule has 3 heterocycles. The highest BCUT2D eigenvalue weighted by molar-refractivity contribution is 5.92. The Bertz CT molecular complexity index is 619. The van der Waals surface area contributed by atoms with Gasteiger partial charge in [0.2, 0.25) is 0 Å². The zero-order valence-electron chi connectivity index (χ0n) is 14.7. The van der Waals surface area contributed by atoms with Gasteiger partial charge in [0.15, 0.2) is 0 Å². The molecule has 24 heavy (non-hydrogen) atoms. The maximum absolute atomic E-state index is 12.6. The molecule has 0 radical (unpaired) electrons. The molecule has 7 nitrogen and oxygen atoms in total. The molecule has 2 amide bonds. The number of carbonyl (C=O) groups excluding carboxylic acids is 2. The average molecular weight is 334 g/mol. The molecule has 0 aromatic carbocycles. The quantitative estimate of drug-likeness (QED) is 0.845. The molecule has 1 spiro atoms. The monoisotopic (exact) mass is 334 g/mol. The van der Waals surface area contributed by atoms with Gasteiger partial charge in [0.05, 0.1) is 6.54 Å². The van der Waals surface area contributed by atoms with Gasteiger partial charge in [-0.25, -0.2) is 4.79 Å². The number of hydrogen-bond acceptors (Lipinski definition) is 4. The van der Waals surface area contributed by atoms with Gasteiger partial charge in [-0.05, 0) is 19.4 Å². The van der Waals surface area contributed by atoms with Crippen molar-refractivity contribution in [3.63, 3.8) is 0 Å². The molecule has 2 aliphatic rings. The third-order valence-corrected chi connectivity index (χ3v) is 5.24. The van der Waals surface area contributed by atoms with E-state index in [9.17, 15) is 9.59 Å². The molecular weight excluding hydrogens is 308 g/mol. The second-order valence-corrected chi connectivity index (χ2v) is 6.95. The highest BCUT2D eigenvalue weighted by Crippen LogP contribution is 2.35. The van der Waals surface area contributed by atoms with Gasteiger partial charge in [-0.15, -0.1) is 0 Å². The molecule has 0 saturated carbocycles. The standard InChI is InChI=1S/C17H26N4O3/c1-4-5-13(2)21-12-17(24-16(21)23)7-10-20(11-8-17)15(22)14-6-9-18-19(14)3/h6,9,13H,4-5,7-8,10-12H2,1-3H3. The zero-order chi connectivity index (χ0) is 17.3. The lowest BCUT2D eigenvalue weighted by Gasteiger charge is -2.37. The van der Waals surface area contributed by atoms with Crippen LogP contribution in [0, 0.1) is 0 Å². The largest absolute Gasteiger partial charge is 0.441 e. The van der Waals surface area contributed by atoms with Crippen LogP contribution in [0.2, 0.25) is 0 Å². The van der Waals surface area contributed by atoms with Crippen molar-refractivity contribution >= 4 is 12.0 Å². The van der Waals surface area contributed by atoms with E-state index in [2.05, 4.69) is 18.9 Å². The van der Waals surface area contributed by atoms with Crippen molar-refractivity contribution in [2.75, 3.05) is 19.6 Å². The Morgan fingerprint density at radius 1 is 1.42 bits per heavy atom. The summed E-state index contributed by atoms with van der Waals surface area (Å²) in [5.74, 6) is -0.00891. The van der Waals surface area contributed by atoms with Crippen LogP contribution in [0.25, 0.3) is 0 Å². The van der Waals surface area contributed by atoms with E-state index < -0.39 is 5.60 Å². The SMILES string of the molecule is CCCC(C)N1CC2(CCN(C(=O)c3ccnn3C)CC2)OC1=O. The third kappa shape index (κ3) is 2.99. The van der Waals surface area contributed by atoms with Crippen molar-refractivity contribution in [2.24, 2.45) is 7.05 Å². The molecule has 1 unspecified atom stereocenters. The van der Waals surface area contributed by atoms with E-state index >= 15 is 0 Å². The minimum atomic E-state index is -0.428.